The number of nitrogens with two attached hydrogens (primary N) is 1. The van der Waals surface area contributed by atoms with Gasteiger partial charge in [0.15, 0.2) is 11.5 Å². The van der Waals surface area contributed by atoms with Crippen LogP contribution < -0.4 is 15.2 Å². The van der Waals surface area contributed by atoms with Crippen molar-refractivity contribution >= 4 is 5.97 Å². The van der Waals surface area contributed by atoms with Crippen molar-refractivity contribution in [1.82, 2.24) is 0 Å². The summed E-state index contributed by atoms with van der Waals surface area (Å²) in [6.07, 6.45) is 0.961. The normalized spacial score (nSPS) is 9.73. The van der Waals surface area contributed by atoms with E-state index in [1.807, 2.05) is 6.07 Å². The first kappa shape index (κ1) is 11.5. The van der Waals surface area contributed by atoms with Gasteiger partial charge in [-0.15, -0.1) is 0 Å². The molecule has 0 spiro atoms. The molecule has 0 radical (unpaired) electrons. The fourth-order valence-electron chi connectivity index (χ4n) is 1.12. The zero-order valence-corrected chi connectivity index (χ0v) is 8.73. The lowest BCUT2D eigenvalue weighted by Gasteiger charge is -2.08. The Labute approximate surface area is 89.0 Å². The van der Waals surface area contributed by atoms with Crippen LogP contribution in [0.1, 0.15) is 12.8 Å². The average molecular weight is 209 g/mol. The van der Waals surface area contributed by atoms with Gasteiger partial charge in [-0.25, -0.2) is 0 Å². The standard InChI is InChI=1S/C11H15NO3/c1-14-9-5-2-3-6-10(9)15-11(13)7-4-8-12/h2-3,5-6H,4,7-8,12H2,1H3. The van der Waals surface area contributed by atoms with Gasteiger partial charge in [-0.1, -0.05) is 12.1 Å². The molecule has 0 heterocycles. The number of methoxy groups -OCH3 is 1. The van der Waals surface area contributed by atoms with E-state index in [2.05, 4.69) is 0 Å². The highest BCUT2D eigenvalue weighted by atomic mass is 16.6. The number of esters is 1. The van der Waals surface area contributed by atoms with Gasteiger partial charge in [0, 0.05) is 6.42 Å². The molecule has 0 bridgehead atoms. The van der Waals surface area contributed by atoms with E-state index in [9.17, 15) is 4.79 Å². The van der Waals surface area contributed by atoms with Gasteiger partial charge in [-0.05, 0) is 25.1 Å². The van der Waals surface area contributed by atoms with Crippen LogP contribution in [-0.2, 0) is 4.79 Å². The number of rotatable bonds is 5. The molecule has 0 aromatic heterocycles. The molecular formula is C11H15NO3. The van der Waals surface area contributed by atoms with E-state index >= 15 is 0 Å². The minimum atomic E-state index is -0.287. The van der Waals surface area contributed by atoms with E-state index in [1.165, 1.54) is 7.11 Å². The Morgan fingerprint density at radius 2 is 2.00 bits per heavy atom. The lowest BCUT2D eigenvalue weighted by molar-refractivity contribution is -0.134. The Kier molecular flexibility index (Phi) is 4.63. The van der Waals surface area contributed by atoms with Crippen LogP contribution in [0.25, 0.3) is 0 Å². The molecule has 2 N–H and O–H groups in total. The molecule has 4 heteroatoms. The largest absolute Gasteiger partial charge is 0.493 e. The van der Waals surface area contributed by atoms with Crippen LogP contribution in [0.5, 0.6) is 11.5 Å². The Hall–Kier alpha value is -1.55. The monoisotopic (exact) mass is 209 g/mol. The van der Waals surface area contributed by atoms with Gasteiger partial charge in [0.25, 0.3) is 0 Å². The molecule has 0 saturated carbocycles. The highest BCUT2D eigenvalue weighted by Crippen LogP contribution is 2.26. The molecule has 0 aliphatic carbocycles. The smallest absolute Gasteiger partial charge is 0.311 e. The Balaban J connectivity index is 2.59. The second-order valence-electron chi connectivity index (χ2n) is 3.02. The Morgan fingerprint density at radius 1 is 1.33 bits per heavy atom. The van der Waals surface area contributed by atoms with Gasteiger partial charge >= 0.3 is 5.97 Å². The highest BCUT2D eigenvalue weighted by molar-refractivity contribution is 5.73. The lowest BCUT2D eigenvalue weighted by Crippen LogP contribution is -2.11. The topological polar surface area (TPSA) is 61.5 Å². The first-order chi connectivity index (χ1) is 7.27. The van der Waals surface area contributed by atoms with Gasteiger partial charge in [0.1, 0.15) is 0 Å². The quantitative estimate of drug-likeness (QED) is 0.587. The Morgan fingerprint density at radius 3 is 2.60 bits per heavy atom. The zero-order chi connectivity index (χ0) is 11.1. The summed E-state index contributed by atoms with van der Waals surface area (Å²) in [6, 6.07) is 7.04. The third-order valence-corrected chi connectivity index (χ3v) is 1.88. The molecule has 1 aromatic carbocycles. The van der Waals surface area contributed by atoms with Crippen molar-refractivity contribution in [1.29, 1.82) is 0 Å². The van der Waals surface area contributed by atoms with Crippen molar-refractivity contribution in [3.8, 4) is 11.5 Å². The number of hydrogen-bond acceptors (Lipinski definition) is 4. The molecule has 1 rings (SSSR count). The van der Waals surface area contributed by atoms with Crippen molar-refractivity contribution in [2.24, 2.45) is 5.73 Å². The van der Waals surface area contributed by atoms with Crippen molar-refractivity contribution in [2.75, 3.05) is 13.7 Å². The van der Waals surface area contributed by atoms with E-state index < -0.39 is 0 Å². The molecule has 4 nitrogen and oxygen atoms in total. The average Bonchev–Trinajstić information content (AvgIpc) is 2.27. The van der Waals surface area contributed by atoms with Crippen LogP contribution in [0.2, 0.25) is 0 Å². The summed E-state index contributed by atoms with van der Waals surface area (Å²) < 4.78 is 10.2. The van der Waals surface area contributed by atoms with Crippen molar-refractivity contribution in [2.45, 2.75) is 12.8 Å². The third kappa shape index (κ3) is 3.59. The molecule has 0 fully saturated rings. The van der Waals surface area contributed by atoms with E-state index in [0.29, 0.717) is 30.9 Å². The summed E-state index contributed by atoms with van der Waals surface area (Å²) in [5.74, 6) is 0.713. The highest BCUT2D eigenvalue weighted by Gasteiger charge is 2.08. The first-order valence-corrected chi connectivity index (χ1v) is 4.81. The number of benzene rings is 1. The number of hydrogen-bond donors (Lipinski definition) is 1. The molecule has 1 aromatic rings. The number of ether oxygens (including phenoxy) is 2. The lowest BCUT2D eigenvalue weighted by atomic mass is 10.3. The van der Waals surface area contributed by atoms with Gasteiger partial charge < -0.3 is 15.2 Å². The summed E-state index contributed by atoms with van der Waals surface area (Å²) in [6.45, 7) is 0.487. The van der Waals surface area contributed by atoms with Gasteiger partial charge in [-0.2, -0.15) is 0 Å². The van der Waals surface area contributed by atoms with Crippen molar-refractivity contribution in [3.63, 3.8) is 0 Å². The summed E-state index contributed by atoms with van der Waals surface area (Å²) in [4.78, 5) is 11.3. The molecule has 0 atom stereocenters. The predicted octanol–water partition coefficient (Wildman–Crippen LogP) is 1.34. The van der Waals surface area contributed by atoms with Crippen LogP contribution in [0.15, 0.2) is 24.3 Å². The molecule has 0 amide bonds. The molecule has 0 aliphatic heterocycles. The molecule has 0 aliphatic rings. The molecule has 15 heavy (non-hydrogen) atoms. The maximum Gasteiger partial charge on any atom is 0.311 e. The summed E-state index contributed by atoms with van der Waals surface area (Å²) >= 11 is 0. The number of carbonyl (C=O) groups is 1. The summed E-state index contributed by atoms with van der Waals surface area (Å²) in [5, 5.41) is 0. The van der Waals surface area contributed by atoms with Crippen LogP contribution in [0, 0.1) is 0 Å². The maximum atomic E-state index is 11.3. The van der Waals surface area contributed by atoms with E-state index in [4.69, 9.17) is 15.2 Å². The van der Waals surface area contributed by atoms with Crippen LogP contribution in [0.3, 0.4) is 0 Å². The Bertz CT molecular complexity index is 325. The van der Waals surface area contributed by atoms with E-state index in [1.54, 1.807) is 18.2 Å². The minimum absolute atomic E-state index is 0.287. The summed E-state index contributed by atoms with van der Waals surface area (Å²) in [5.41, 5.74) is 5.29. The number of para-hydroxylation sites is 2. The minimum Gasteiger partial charge on any atom is -0.493 e. The molecular weight excluding hydrogens is 194 g/mol. The third-order valence-electron chi connectivity index (χ3n) is 1.88. The van der Waals surface area contributed by atoms with Crippen LogP contribution in [0.4, 0.5) is 0 Å². The molecule has 82 valence electrons. The fraction of sp³-hybridized carbons (Fsp3) is 0.364. The second-order valence-corrected chi connectivity index (χ2v) is 3.02. The fourth-order valence-corrected chi connectivity index (χ4v) is 1.12. The van der Waals surface area contributed by atoms with Gasteiger partial charge in [0.2, 0.25) is 0 Å². The van der Waals surface area contributed by atoms with Crippen molar-refractivity contribution in [3.05, 3.63) is 24.3 Å². The van der Waals surface area contributed by atoms with Crippen LogP contribution >= 0.6 is 0 Å². The number of carbonyl (C=O) groups excluding carboxylic acids is 1. The van der Waals surface area contributed by atoms with E-state index in [0.717, 1.165) is 0 Å². The first-order valence-electron chi connectivity index (χ1n) is 4.81. The second kappa shape index (κ2) is 6.03. The van der Waals surface area contributed by atoms with E-state index in [-0.39, 0.29) is 5.97 Å². The SMILES string of the molecule is COc1ccccc1OC(=O)CCCN. The maximum absolute atomic E-state index is 11.3. The zero-order valence-electron chi connectivity index (χ0n) is 8.73. The molecule has 0 unspecified atom stereocenters. The van der Waals surface area contributed by atoms with Gasteiger partial charge in [0.05, 0.1) is 7.11 Å². The van der Waals surface area contributed by atoms with Gasteiger partial charge in [-0.3, -0.25) is 4.79 Å². The van der Waals surface area contributed by atoms with Crippen LogP contribution in [-0.4, -0.2) is 19.6 Å². The summed E-state index contributed by atoms with van der Waals surface area (Å²) in [7, 11) is 1.53. The molecule has 0 saturated heterocycles. The van der Waals surface area contributed by atoms with Crippen molar-refractivity contribution < 1.29 is 14.3 Å². The predicted molar refractivity (Wildman–Crippen MR) is 56.9 cm³/mol.